The largest absolute Gasteiger partial charge is 0.394 e. The van der Waals surface area contributed by atoms with E-state index >= 15 is 0 Å². The van der Waals surface area contributed by atoms with Gasteiger partial charge < -0.3 is 10.0 Å². The number of rotatable bonds is 4. The van der Waals surface area contributed by atoms with E-state index in [0.717, 1.165) is 25.8 Å². The van der Waals surface area contributed by atoms with Crippen LogP contribution in [0.15, 0.2) is 0 Å². The van der Waals surface area contributed by atoms with Crippen molar-refractivity contribution < 1.29 is 18.3 Å². The fraction of sp³-hybridized carbons (Fsp3) is 0.929. The second-order valence-electron chi connectivity index (χ2n) is 5.94. The van der Waals surface area contributed by atoms with Crippen LogP contribution >= 0.6 is 0 Å². The van der Waals surface area contributed by atoms with Gasteiger partial charge in [-0.1, -0.05) is 0 Å². The third-order valence-corrected chi connectivity index (χ3v) is 6.56. The van der Waals surface area contributed by atoms with Gasteiger partial charge in [-0.15, -0.1) is 0 Å². The Hall–Kier alpha value is -0.660. The van der Waals surface area contributed by atoms with Crippen LogP contribution in [0.5, 0.6) is 0 Å². The van der Waals surface area contributed by atoms with Gasteiger partial charge >= 0.3 is 0 Å². The fourth-order valence-electron chi connectivity index (χ4n) is 3.28. The summed E-state index contributed by atoms with van der Waals surface area (Å²) in [5.74, 6) is 0.118. The van der Waals surface area contributed by atoms with Gasteiger partial charge in [-0.2, -0.15) is 0 Å². The maximum Gasteiger partial charge on any atom is 0.226 e. The first kappa shape index (κ1) is 16.7. The zero-order valence-corrected chi connectivity index (χ0v) is 13.5. The molecule has 2 saturated heterocycles. The van der Waals surface area contributed by atoms with Gasteiger partial charge in [0.1, 0.15) is 0 Å². The van der Waals surface area contributed by atoms with Crippen LogP contribution in [-0.2, 0) is 14.8 Å². The highest BCUT2D eigenvalue weighted by atomic mass is 32.2. The Bertz CT molecular complexity index is 458. The maximum atomic E-state index is 12.6. The highest BCUT2D eigenvalue weighted by Gasteiger charge is 2.35. The Kier molecular flexibility index (Phi) is 5.62. The van der Waals surface area contributed by atoms with E-state index < -0.39 is 10.0 Å². The number of carbonyl (C=O) groups excluding carboxylic acids is 1. The second kappa shape index (κ2) is 7.07. The van der Waals surface area contributed by atoms with Crippen LogP contribution in [0.1, 0.15) is 39.0 Å². The van der Waals surface area contributed by atoms with Crippen LogP contribution in [0.25, 0.3) is 0 Å². The van der Waals surface area contributed by atoms with Crippen molar-refractivity contribution in [3.05, 3.63) is 0 Å². The molecule has 0 aromatic heterocycles. The van der Waals surface area contributed by atoms with Crippen LogP contribution in [0.2, 0.25) is 0 Å². The van der Waals surface area contributed by atoms with Crippen molar-refractivity contribution in [1.82, 2.24) is 9.21 Å². The third kappa shape index (κ3) is 3.76. The Morgan fingerprint density at radius 1 is 1.14 bits per heavy atom. The topological polar surface area (TPSA) is 77.9 Å². The maximum absolute atomic E-state index is 12.6. The minimum Gasteiger partial charge on any atom is -0.394 e. The second-order valence-corrected chi connectivity index (χ2v) is 8.20. The molecule has 21 heavy (non-hydrogen) atoms. The van der Waals surface area contributed by atoms with Crippen molar-refractivity contribution in [3.8, 4) is 0 Å². The van der Waals surface area contributed by atoms with Crippen LogP contribution in [0, 0.1) is 5.92 Å². The summed E-state index contributed by atoms with van der Waals surface area (Å²) >= 11 is 0. The van der Waals surface area contributed by atoms with Crippen LogP contribution in [0.4, 0.5) is 0 Å². The number of carbonyl (C=O) groups is 1. The summed E-state index contributed by atoms with van der Waals surface area (Å²) in [7, 11) is -3.14. The number of amides is 1. The minimum atomic E-state index is -3.14. The summed E-state index contributed by atoms with van der Waals surface area (Å²) in [6.45, 7) is 3.26. The van der Waals surface area contributed by atoms with Gasteiger partial charge in [0, 0.05) is 25.6 Å². The quantitative estimate of drug-likeness (QED) is 0.815. The molecule has 2 aliphatic heterocycles. The van der Waals surface area contributed by atoms with Crippen molar-refractivity contribution in [2.24, 2.45) is 5.92 Å². The van der Waals surface area contributed by atoms with Crippen molar-refractivity contribution in [2.45, 2.75) is 45.1 Å². The predicted molar refractivity (Wildman–Crippen MR) is 80.2 cm³/mol. The summed E-state index contributed by atoms with van der Waals surface area (Å²) in [5.41, 5.74) is 0. The van der Waals surface area contributed by atoms with Gasteiger partial charge in [-0.3, -0.25) is 4.79 Å². The summed E-state index contributed by atoms with van der Waals surface area (Å²) in [6.07, 6.45) is 4.10. The van der Waals surface area contributed by atoms with E-state index in [1.165, 1.54) is 4.31 Å². The Morgan fingerprint density at radius 2 is 1.81 bits per heavy atom. The molecule has 0 aromatic rings. The minimum absolute atomic E-state index is 0.0226. The van der Waals surface area contributed by atoms with E-state index in [1.807, 2.05) is 4.90 Å². The lowest BCUT2D eigenvalue weighted by Gasteiger charge is -2.39. The molecule has 122 valence electrons. The van der Waals surface area contributed by atoms with E-state index in [4.69, 9.17) is 0 Å². The van der Waals surface area contributed by atoms with Crippen LogP contribution in [0.3, 0.4) is 0 Å². The molecule has 0 bridgehead atoms. The highest BCUT2D eigenvalue weighted by Crippen LogP contribution is 2.25. The van der Waals surface area contributed by atoms with Gasteiger partial charge in [0.2, 0.25) is 15.9 Å². The first-order chi connectivity index (χ1) is 9.99. The molecule has 1 unspecified atom stereocenters. The summed E-state index contributed by atoms with van der Waals surface area (Å²) in [4.78, 5) is 14.4. The SMILES string of the molecule is CCS(=O)(=O)N1CCC(C(=O)N2CCCCC2CO)CC1. The van der Waals surface area contributed by atoms with E-state index in [9.17, 15) is 18.3 Å². The lowest BCUT2D eigenvalue weighted by molar-refractivity contribution is -0.141. The fourth-order valence-corrected chi connectivity index (χ4v) is 4.41. The standard InChI is InChI=1S/C14H26N2O4S/c1-2-21(19,20)15-9-6-12(7-10-15)14(18)16-8-4-3-5-13(16)11-17/h12-13,17H,2-11H2,1H3. The van der Waals surface area contributed by atoms with E-state index in [1.54, 1.807) is 6.92 Å². The highest BCUT2D eigenvalue weighted by molar-refractivity contribution is 7.89. The summed E-state index contributed by atoms with van der Waals surface area (Å²) in [6, 6.07) is -0.0522. The first-order valence-corrected chi connectivity index (χ1v) is 9.49. The zero-order chi connectivity index (χ0) is 15.5. The number of hydrogen-bond donors (Lipinski definition) is 1. The molecule has 2 rings (SSSR count). The normalized spacial score (nSPS) is 26.0. The molecule has 6 nitrogen and oxygen atoms in total. The Morgan fingerprint density at radius 3 is 2.38 bits per heavy atom. The van der Waals surface area contributed by atoms with E-state index in [0.29, 0.717) is 25.9 Å². The van der Waals surface area contributed by atoms with E-state index in [-0.39, 0.29) is 30.2 Å². The number of aliphatic hydroxyl groups excluding tert-OH is 1. The molecule has 1 atom stereocenters. The monoisotopic (exact) mass is 318 g/mol. The molecule has 7 heteroatoms. The summed E-state index contributed by atoms with van der Waals surface area (Å²) < 4.78 is 25.2. The molecule has 0 radical (unpaired) electrons. The number of aliphatic hydroxyl groups is 1. The number of nitrogens with zero attached hydrogens (tertiary/aromatic N) is 2. The molecule has 2 aliphatic rings. The molecule has 2 heterocycles. The predicted octanol–water partition coefficient (Wildman–Crippen LogP) is 0.422. The summed E-state index contributed by atoms with van der Waals surface area (Å²) in [5, 5.41) is 9.41. The number of piperidine rings is 2. The molecule has 0 aromatic carbocycles. The molecular weight excluding hydrogens is 292 g/mol. The van der Waals surface area contributed by atoms with Gasteiger partial charge in [-0.05, 0) is 39.0 Å². The van der Waals surface area contributed by atoms with Gasteiger partial charge in [0.25, 0.3) is 0 Å². The average Bonchev–Trinajstić information content (AvgIpc) is 2.54. The van der Waals surface area contributed by atoms with Gasteiger partial charge in [0.15, 0.2) is 0 Å². The lowest BCUT2D eigenvalue weighted by atomic mass is 9.93. The van der Waals surface area contributed by atoms with Crippen LogP contribution in [-0.4, -0.2) is 66.7 Å². The molecule has 1 N–H and O–H groups in total. The lowest BCUT2D eigenvalue weighted by Crippen LogP contribution is -2.50. The van der Waals surface area contributed by atoms with Crippen molar-refractivity contribution in [1.29, 1.82) is 0 Å². The van der Waals surface area contributed by atoms with Gasteiger partial charge in [0.05, 0.1) is 18.4 Å². The molecule has 0 spiro atoms. The van der Waals surface area contributed by atoms with Crippen molar-refractivity contribution in [2.75, 3.05) is 32.0 Å². The number of sulfonamides is 1. The van der Waals surface area contributed by atoms with Gasteiger partial charge in [-0.25, -0.2) is 12.7 Å². The Balaban J connectivity index is 1.94. The zero-order valence-electron chi connectivity index (χ0n) is 12.7. The molecular formula is C14H26N2O4S. The smallest absolute Gasteiger partial charge is 0.226 e. The Labute approximate surface area is 127 Å². The van der Waals surface area contributed by atoms with Crippen molar-refractivity contribution >= 4 is 15.9 Å². The molecule has 2 fully saturated rings. The third-order valence-electron chi connectivity index (χ3n) is 4.68. The first-order valence-electron chi connectivity index (χ1n) is 7.88. The molecule has 0 saturated carbocycles. The number of hydrogen-bond acceptors (Lipinski definition) is 4. The molecule has 1 amide bonds. The van der Waals surface area contributed by atoms with Crippen molar-refractivity contribution in [3.63, 3.8) is 0 Å². The van der Waals surface area contributed by atoms with Crippen LogP contribution < -0.4 is 0 Å². The average molecular weight is 318 g/mol. The van der Waals surface area contributed by atoms with E-state index in [2.05, 4.69) is 0 Å². The number of likely N-dealkylation sites (tertiary alicyclic amines) is 1. The molecule has 0 aliphatic carbocycles.